The van der Waals surface area contributed by atoms with Crippen molar-refractivity contribution in [1.29, 1.82) is 0 Å². The molecule has 98 valence electrons. The first-order valence-electron chi connectivity index (χ1n) is 7.11. The lowest BCUT2D eigenvalue weighted by atomic mass is 10.1. The predicted octanol–water partition coefficient (Wildman–Crippen LogP) is 3.23. The Balaban J connectivity index is 1.67. The molecule has 0 atom stereocenters. The van der Waals surface area contributed by atoms with Crippen molar-refractivity contribution in [2.24, 2.45) is 0 Å². The third-order valence-electron chi connectivity index (χ3n) is 3.95. The largest absolute Gasteiger partial charge is 0.372 e. The first kappa shape index (κ1) is 12.2. The van der Waals surface area contributed by atoms with Gasteiger partial charge in [-0.05, 0) is 43.5 Å². The number of hydrogen-bond donors (Lipinski definition) is 0. The van der Waals surface area contributed by atoms with Crippen molar-refractivity contribution >= 4 is 23.1 Å². The van der Waals surface area contributed by atoms with Crippen molar-refractivity contribution in [2.75, 3.05) is 47.5 Å². The van der Waals surface area contributed by atoms with Gasteiger partial charge in [0.05, 0.1) is 0 Å². The van der Waals surface area contributed by atoms with Crippen LogP contribution in [-0.2, 0) is 0 Å². The summed E-state index contributed by atoms with van der Waals surface area (Å²) in [6.45, 7) is 4.88. The van der Waals surface area contributed by atoms with Crippen LogP contribution in [-0.4, -0.2) is 37.7 Å². The zero-order valence-electron chi connectivity index (χ0n) is 11.0. The minimum atomic E-state index is 1.20. The molecule has 3 heteroatoms. The number of rotatable bonds is 2. The SMILES string of the molecule is c1cc(N2CCSCC2)ccc1N1CCCCC1. The van der Waals surface area contributed by atoms with Gasteiger partial charge in [-0.3, -0.25) is 0 Å². The normalized spacial score (nSPS) is 21.1. The summed E-state index contributed by atoms with van der Waals surface area (Å²) in [4.78, 5) is 5.04. The van der Waals surface area contributed by atoms with Gasteiger partial charge in [0, 0.05) is 49.1 Å². The Hall–Kier alpha value is -0.830. The smallest absolute Gasteiger partial charge is 0.0368 e. The number of hydrogen-bond acceptors (Lipinski definition) is 3. The van der Waals surface area contributed by atoms with Gasteiger partial charge in [0.1, 0.15) is 0 Å². The Morgan fingerprint density at radius 2 is 1.17 bits per heavy atom. The second-order valence-corrected chi connectivity index (χ2v) is 6.39. The highest BCUT2D eigenvalue weighted by atomic mass is 32.2. The maximum absolute atomic E-state index is 2.53. The van der Waals surface area contributed by atoms with E-state index in [4.69, 9.17) is 0 Å². The highest BCUT2D eigenvalue weighted by Gasteiger charge is 2.13. The molecule has 2 aliphatic heterocycles. The van der Waals surface area contributed by atoms with E-state index in [-0.39, 0.29) is 0 Å². The molecule has 1 aromatic carbocycles. The molecule has 2 aliphatic rings. The van der Waals surface area contributed by atoms with Crippen molar-refractivity contribution in [1.82, 2.24) is 0 Å². The lowest BCUT2D eigenvalue weighted by Gasteiger charge is -2.31. The third kappa shape index (κ3) is 2.77. The molecule has 2 heterocycles. The number of anilines is 2. The molecule has 0 aromatic heterocycles. The second-order valence-electron chi connectivity index (χ2n) is 5.16. The van der Waals surface area contributed by atoms with Gasteiger partial charge in [-0.1, -0.05) is 0 Å². The van der Waals surface area contributed by atoms with Crippen LogP contribution < -0.4 is 9.80 Å². The fourth-order valence-electron chi connectivity index (χ4n) is 2.85. The van der Waals surface area contributed by atoms with Crippen LogP contribution in [0.4, 0.5) is 11.4 Å². The molecule has 0 amide bonds. The summed E-state index contributed by atoms with van der Waals surface area (Å²) >= 11 is 2.07. The number of thioether (sulfide) groups is 1. The zero-order chi connectivity index (χ0) is 12.2. The molecule has 2 saturated heterocycles. The molecule has 2 nitrogen and oxygen atoms in total. The lowest BCUT2D eigenvalue weighted by Crippen LogP contribution is -2.32. The van der Waals surface area contributed by atoms with Crippen molar-refractivity contribution in [3.63, 3.8) is 0 Å². The van der Waals surface area contributed by atoms with Gasteiger partial charge >= 0.3 is 0 Å². The second kappa shape index (κ2) is 5.87. The quantitative estimate of drug-likeness (QED) is 0.808. The minimum Gasteiger partial charge on any atom is -0.372 e. The van der Waals surface area contributed by atoms with Crippen molar-refractivity contribution in [3.8, 4) is 0 Å². The molecule has 2 fully saturated rings. The molecule has 0 N–H and O–H groups in total. The Morgan fingerprint density at radius 1 is 0.667 bits per heavy atom. The molecule has 0 aliphatic carbocycles. The van der Waals surface area contributed by atoms with E-state index in [1.54, 1.807) is 0 Å². The predicted molar refractivity (Wildman–Crippen MR) is 82.0 cm³/mol. The van der Waals surface area contributed by atoms with Gasteiger partial charge in [-0.25, -0.2) is 0 Å². The van der Waals surface area contributed by atoms with Crippen LogP contribution in [0.15, 0.2) is 24.3 Å². The van der Waals surface area contributed by atoms with Gasteiger partial charge < -0.3 is 9.80 Å². The zero-order valence-corrected chi connectivity index (χ0v) is 11.8. The highest BCUT2D eigenvalue weighted by molar-refractivity contribution is 7.99. The first-order valence-corrected chi connectivity index (χ1v) is 8.27. The van der Waals surface area contributed by atoms with Crippen LogP contribution in [0, 0.1) is 0 Å². The van der Waals surface area contributed by atoms with E-state index in [2.05, 4.69) is 45.8 Å². The summed E-state index contributed by atoms with van der Waals surface area (Å²) in [5, 5.41) is 0. The number of piperidine rings is 1. The monoisotopic (exact) mass is 262 g/mol. The van der Waals surface area contributed by atoms with Gasteiger partial charge in [0.25, 0.3) is 0 Å². The van der Waals surface area contributed by atoms with Crippen molar-refractivity contribution in [3.05, 3.63) is 24.3 Å². The average molecular weight is 262 g/mol. The third-order valence-corrected chi connectivity index (χ3v) is 4.89. The van der Waals surface area contributed by atoms with E-state index < -0.39 is 0 Å². The van der Waals surface area contributed by atoms with Crippen LogP contribution in [0.3, 0.4) is 0 Å². The fourth-order valence-corrected chi connectivity index (χ4v) is 3.75. The van der Waals surface area contributed by atoms with Crippen molar-refractivity contribution in [2.45, 2.75) is 19.3 Å². The first-order chi connectivity index (χ1) is 8.93. The van der Waals surface area contributed by atoms with Crippen LogP contribution in [0.2, 0.25) is 0 Å². The molecule has 0 unspecified atom stereocenters. The Kier molecular flexibility index (Phi) is 3.99. The molecule has 0 saturated carbocycles. The molecular formula is C15H22N2S. The Morgan fingerprint density at radius 3 is 1.72 bits per heavy atom. The lowest BCUT2D eigenvalue weighted by molar-refractivity contribution is 0.578. The van der Waals surface area contributed by atoms with Gasteiger partial charge in [-0.15, -0.1) is 0 Å². The summed E-state index contributed by atoms with van der Waals surface area (Å²) in [6.07, 6.45) is 4.11. The summed E-state index contributed by atoms with van der Waals surface area (Å²) in [5.41, 5.74) is 2.81. The summed E-state index contributed by atoms with van der Waals surface area (Å²) in [6, 6.07) is 9.23. The maximum Gasteiger partial charge on any atom is 0.0368 e. The fraction of sp³-hybridized carbons (Fsp3) is 0.600. The van der Waals surface area contributed by atoms with Crippen LogP contribution in [0.5, 0.6) is 0 Å². The summed E-state index contributed by atoms with van der Waals surface area (Å²) in [7, 11) is 0. The molecule has 3 rings (SSSR count). The van der Waals surface area contributed by atoms with E-state index in [1.165, 1.54) is 68.3 Å². The maximum atomic E-state index is 2.53. The summed E-state index contributed by atoms with van der Waals surface area (Å²) < 4.78 is 0. The number of nitrogens with zero attached hydrogens (tertiary/aromatic N) is 2. The average Bonchev–Trinajstić information content (AvgIpc) is 2.49. The van der Waals surface area contributed by atoms with Crippen LogP contribution in [0.1, 0.15) is 19.3 Å². The van der Waals surface area contributed by atoms with Crippen molar-refractivity contribution < 1.29 is 0 Å². The molecular weight excluding hydrogens is 240 g/mol. The highest BCUT2D eigenvalue weighted by Crippen LogP contribution is 2.25. The van der Waals surface area contributed by atoms with E-state index in [0.29, 0.717) is 0 Å². The topological polar surface area (TPSA) is 6.48 Å². The van der Waals surface area contributed by atoms with Gasteiger partial charge in [0.2, 0.25) is 0 Å². The van der Waals surface area contributed by atoms with E-state index in [0.717, 1.165) is 0 Å². The Bertz CT molecular complexity index is 328. The Labute approximate surface area is 114 Å². The van der Waals surface area contributed by atoms with E-state index in [1.807, 2.05) is 0 Å². The summed E-state index contributed by atoms with van der Waals surface area (Å²) in [5.74, 6) is 2.54. The standard InChI is InChI=1S/C15H22N2S/c1-2-8-16(9-3-1)14-4-6-15(7-5-14)17-10-12-18-13-11-17/h4-7H,1-3,8-13H2. The molecule has 18 heavy (non-hydrogen) atoms. The van der Waals surface area contributed by atoms with Crippen LogP contribution in [0.25, 0.3) is 0 Å². The van der Waals surface area contributed by atoms with Gasteiger partial charge in [0.15, 0.2) is 0 Å². The minimum absolute atomic E-state index is 1.20. The number of benzene rings is 1. The molecule has 0 radical (unpaired) electrons. The van der Waals surface area contributed by atoms with E-state index in [9.17, 15) is 0 Å². The molecule has 0 spiro atoms. The molecule has 0 bridgehead atoms. The van der Waals surface area contributed by atoms with Gasteiger partial charge in [-0.2, -0.15) is 11.8 Å². The molecule has 1 aromatic rings. The van der Waals surface area contributed by atoms with Crippen LogP contribution >= 0.6 is 11.8 Å². The van der Waals surface area contributed by atoms with E-state index >= 15 is 0 Å².